The Labute approximate surface area is 123 Å². The summed E-state index contributed by atoms with van der Waals surface area (Å²) in [5.74, 6) is -0.299. The summed E-state index contributed by atoms with van der Waals surface area (Å²) in [5.41, 5.74) is 0.0236. The second-order valence-electron chi connectivity index (χ2n) is 4.80. The molecule has 2 aromatic carbocycles. The van der Waals surface area contributed by atoms with E-state index in [1.165, 1.54) is 0 Å². The molecule has 104 valence electrons. The van der Waals surface area contributed by atoms with E-state index < -0.39 is 5.60 Å². The van der Waals surface area contributed by atoms with Gasteiger partial charge in [0.2, 0.25) is 0 Å². The van der Waals surface area contributed by atoms with Crippen LogP contribution in [0.1, 0.15) is 22.8 Å². The molecular weight excluding hydrogens is 274 g/mol. The minimum absolute atomic E-state index is 0.112. The minimum Gasteiger partial charge on any atom is -0.384 e. The first-order valence-corrected chi connectivity index (χ1v) is 6.69. The number of hydrogen-bond donors (Lipinski definition) is 2. The predicted octanol–water partition coefficient (Wildman–Crippen LogP) is 2.98. The number of carbonyl (C=O) groups excluding carboxylic acids is 1. The van der Waals surface area contributed by atoms with Crippen LogP contribution in [0.2, 0.25) is 5.02 Å². The maximum absolute atomic E-state index is 12.0. The van der Waals surface area contributed by atoms with Crippen molar-refractivity contribution >= 4 is 17.5 Å². The van der Waals surface area contributed by atoms with Gasteiger partial charge in [-0.3, -0.25) is 4.79 Å². The molecule has 0 saturated heterocycles. The number of amides is 1. The molecule has 0 bridgehead atoms. The summed E-state index contributed by atoms with van der Waals surface area (Å²) in [6.07, 6.45) is 0. The van der Waals surface area contributed by atoms with E-state index >= 15 is 0 Å². The molecule has 3 nitrogen and oxygen atoms in total. The molecule has 1 unspecified atom stereocenters. The van der Waals surface area contributed by atoms with Crippen LogP contribution in [-0.4, -0.2) is 17.6 Å². The Morgan fingerprint density at radius 3 is 2.40 bits per heavy atom. The molecule has 1 amide bonds. The fourth-order valence-electron chi connectivity index (χ4n) is 1.89. The monoisotopic (exact) mass is 289 g/mol. The molecule has 0 radical (unpaired) electrons. The van der Waals surface area contributed by atoms with Gasteiger partial charge in [0.1, 0.15) is 5.60 Å². The highest BCUT2D eigenvalue weighted by atomic mass is 35.5. The lowest BCUT2D eigenvalue weighted by molar-refractivity contribution is 0.0526. The van der Waals surface area contributed by atoms with Gasteiger partial charge in [0.05, 0.1) is 17.1 Å². The van der Waals surface area contributed by atoms with Crippen LogP contribution in [0.3, 0.4) is 0 Å². The third-order valence-electron chi connectivity index (χ3n) is 3.11. The summed E-state index contributed by atoms with van der Waals surface area (Å²) in [7, 11) is 0. The highest BCUT2D eigenvalue weighted by Crippen LogP contribution is 2.20. The highest BCUT2D eigenvalue weighted by Gasteiger charge is 2.24. The molecule has 0 aromatic heterocycles. The van der Waals surface area contributed by atoms with Crippen LogP contribution in [0.4, 0.5) is 0 Å². The molecule has 2 aromatic rings. The molecule has 2 rings (SSSR count). The van der Waals surface area contributed by atoms with Crippen molar-refractivity contribution in [1.29, 1.82) is 0 Å². The predicted molar refractivity (Wildman–Crippen MR) is 79.8 cm³/mol. The quantitative estimate of drug-likeness (QED) is 0.909. The highest BCUT2D eigenvalue weighted by molar-refractivity contribution is 6.33. The summed E-state index contributed by atoms with van der Waals surface area (Å²) >= 11 is 5.96. The third kappa shape index (κ3) is 3.38. The molecule has 0 aliphatic heterocycles. The summed E-state index contributed by atoms with van der Waals surface area (Å²) in [4.78, 5) is 12.0. The van der Waals surface area contributed by atoms with E-state index in [9.17, 15) is 9.90 Å². The van der Waals surface area contributed by atoms with Crippen LogP contribution >= 0.6 is 11.6 Å². The molecule has 0 heterocycles. The number of aliphatic hydroxyl groups is 1. The first-order valence-electron chi connectivity index (χ1n) is 6.31. The lowest BCUT2D eigenvalue weighted by Gasteiger charge is -2.24. The van der Waals surface area contributed by atoms with Crippen molar-refractivity contribution < 1.29 is 9.90 Å². The average Bonchev–Trinajstić information content (AvgIpc) is 2.46. The molecule has 0 aliphatic carbocycles. The topological polar surface area (TPSA) is 49.3 Å². The SMILES string of the molecule is CC(O)(CNC(=O)c1ccccc1Cl)c1ccccc1. The van der Waals surface area contributed by atoms with Crippen LogP contribution in [-0.2, 0) is 5.60 Å². The zero-order valence-corrected chi connectivity index (χ0v) is 11.9. The molecule has 0 fully saturated rings. The van der Waals surface area contributed by atoms with Crippen LogP contribution in [0.15, 0.2) is 54.6 Å². The van der Waals surface area contributed by atoms with E-state index in [4.69, 9.17) is 11.6 Å². The van der Waals surface area contributed by atoms with Crippen LogP contribution < -0.4 is 5.32 Å². The van der Waals surface area contributed by atoms with E-state index in [0.29, 0.717) is 10.6 Å². The fraction of sp³-hybridized carbons (Fsp3) is 0.188. The Morgan fingerprint density at radius 2 is 1.75 bits per heavy atom. The van der Waals surface area contributed by atoms with Gasteiger partial charge in [0.15, 0.2) is 0 Å². The van der Waals surface area contributed by atoms with Gasteiger partial charge < -0.3 is 10.4 Å². The normalized spacial score (nSPS) is 13.6. The van der Waals surface area contributed by atoms with Crippen molar-refractivity contribution in [3.8, 4) is 0 Å². The summed E-state index contributed by atoms with van der Waals surface area (Å²) in [6, 6.07) is 16.0. The van der Waals surface area contributed by atoms with Crippen molar-refractivity contribution in [3.05, 3.63) is 70.7 Å². The van der Waals surface area contributed by atoms with Gasteiger partial charge in [-0.15, -0.1) is 0 Å². The Kier molecular flexibility index (Phi) is 4.42. The minimum atomic E-state index is -1.13. The first-order chi connectivity index (χ1) is 9.50. The first kappa shape index (κ1) is 14.6. The van der Waals surface area contributed by atoms with E-state index in [1.807, 2.05) is 30.3 Å². The summed E-state index contributed by atoms with van der Waals surface area (Å²) in [6.45, 7) is 1.77. The lowest BCUT2D eigenvalue weighted by Crippen LogP contribution is -2.38. The maximum Gasteiger partial charge on any atom is 0.252 e. The van der Waals surface area contributed by atoms with Gasteiger partial charge in [-0.05, 0) is 24.6 Å². The standard InChI is InChI=1S/C16H16ClNO2/c1-16(20,12-7-3-2-4-8-12)11-18-15(19)13-9-5-6-10-14(13)17/h2-10,20H,11H2,1H3,(H,18,19). The zero-order valence-electron chi connectivity index (χ0n) is 11.1. The fourth-order valence-corrected chi connectivity index (χ4v) is 2.11. The Hall–Kier alpha value is -1.84. The number of halogens is 1. The number of hydrogen-bond acceptors (Lipinski definition) is 2. The second-order valence-corrected chi connectivity index (χ2v) is 5.21. The van der Waals surface area contributed by atoms with Crippen molar-refractivity contribution in [2.45, 2.75) is 12.5 Å². The van der Waals surface area contributed by atoms with Gasteiger partial charge >= 0.3 is 0 Å². The molecule has 0 spiro atoms. The van der Waals surface area contributed by atoms with Crippen molar-refractivity contribution in [1.82, 2.24) is 5.32 Å². The van der Waals surface area contributed by atoms with E-state index in [0.717, 1.165) is 5.56 Å². The Morgan fingerprint density at radius 1 is 1.15 bits per heavy atom. The second kappa shape index (κ2) is 6.07. The maximum atomic E-state index is 12.0. The van der Waals surface area contributed by atoms with Gasteiger partial charge in [0.25, 0.3) is 5.91 Å². The average molecular weight is 290 g/mol. The molecule has 0 aliphatic rings. The Balaban J connectivity index is 2.05. The van der Waals surface area contributed by atoms with Crippen LogP contribution in [0.25, 0.3) is 0 Å². The van der Waals surface area contributed by atoms with Crippen LogP contribution in [0, 0.1) is 0 Å². The molecule has 2 N–H and O–H groups in total. The zero-order chi connectivity index (χ0) is 14.6. The summed E-state index contributed by atoms with van der Waals surface area (Å²) < 4.78 is 0. The number of carbonyl (C=O) groups is 1. The molecular formula is C16H16ClNO2. The van der Waals surface area contributed by atoms with Gasteiger partial charge in [0, 0.05) is 0 Å². The number of nitrogens with one attached hydrogen (secondary N) is 1. The molecule has 4 heteroatoms. The molecule has 1 atom stereocenters. The van der Waals surface area contributed by atoms with Gasteiger partial charge in [-0.25, -0.2) is 0 Å². The van der Waals surface area contributed by atoms with E-state index in [2.05, 4.69) is 5.32 Å². The van der Waals surface area contributed by atoms with Crippen molar-refractivity contribution in [2.24, 2.45) is 0 Å². The van der Waals surface area contributed by atoms with Gasteiger partial charge in [-0.2, -0.15) is 0 Å². The van der Waals surface area contributed by atoms with E-state index in [1.54, 1.807) is 31.2 Å². The van der Waals surface area contributed by atoms with Crippen LogP contribution in [0.5, 0.6) is 0 Å². The van der Waals surface area contributed by atoms with E-state index in [-0.39, 0.29) is 12.5 Å². The van der Waals surface area contributed by atoms with Crippen molar-refractivity contribution in [3.63, 3.8) is 0 Å². The Bertz CT molecular complexity index is 596. The number of benzene rings is 2. The molecule has 20 heavy (non-hydrogen) atoms. The number of rotatable bonds is 4. The van der Waals surface area contributed by atoms with Crippen molar-refractivity contribution in [2.75, 3.05) is 6.54 Å². The third-order valence-corrected chi connectivity index (χ3v) is 3.44. The lowest BCUT2D eigenvalue weighted by atomic mass is 9.96. The largest absolute Gasteiger partial charge is 0.384 e. The molecule has 0 saturated carbocycles. The van der Waals surface area contributed by atoms with Gasteiger partial charge in [-0.1, -0.05) is 54.1 Å². The smallest absolute Gasteiger partial charge is 0.252 e. The summed E-state index contributed by atoms with van der Waals surface area (Å²) in [5, 5.41) is 13.5.